The Balaban J connectivity index is 1.78. The van der Waals surface area contributed by atoms with Crippen molar-refractivity contribution in [3.05, 3.63) is 29.3 Å². The standard InChI is InChI=1S/C16H24ClN3O/c1-2-3-6-9-18-16(21)20-12-10-19(11-13-20)15-8-5-4-7-14(15)17/h4-5,7-8H,2-3,6,9-13H2,1H3,(H,18,21). The van der Waals surface area contributed by atoms with Gasteiger partial charge in [0.25, 0.3) is 0 Å². The molecule has 1 aromatic carbocycles. The van der Waals surface area contributed by atoms with E-state index in [0.717, 1.165) is 49.9 Å². The Morgan fingerprint density at radius 2 is 1.90 bits per heavy atom. The highest BCUT2D eigenvalue weighted by atomic mass is 35.5. The van der Waals surface area contributed by atoms with Gasteiger partial charge in [-0.15, -0.1) is 0 Å². The van der Waals surface area contributed by atoms with Crippen LogP contribution in [-0.4, -0.2) is 43.7 Å². The third-order valence-electron chi connectivity index (χ3n) is 3.82. The Hall–Kier alpha value is -1.42. The SMILES string of the molecule is CCCCCNC(=O)N1CCN(c2ccccc2Cl)CC1. The summed E-state index contributed by atoms with van der Waals surface area (Å²) in [6.07, 6.45) is 3.40. The van der Waals surface area contributed by atoms with Crippen LogP contribution in [0.15, 0.2) is 24.3 Å². The smallest absolute Gasteiger partial charge is 0.317 e. The lowest BCUT2D eigenvalue weighted by Crippen LogP contribution is -2.52. The van der Waals surface area contributed by atoms with Gasteiger partial charge in [-0.05, 0) is 18.6 Å². The molecule has 0 aromatic heterocycles. The molecule has 1 aromatic rings. The van der Waals surface area contributed by atoms with E-state index in [4.69, 9.17) is 11.6 Å². The van der Waals surface area contributed by atoms with Gasteiger partial charge < -0.3 is 15.1 Å². The van der Waals surface area contributed by atoms with Crippen molar-refractivity contribution in [1.29, 1.82) is 0 Å². The molecule has 5 heteroatoms. The molecule has 1 N–H and O–H groups in total. The highest BCUT2D eigenvalue weighted by Crippen LogP contribution is 2.25. The van der Waals surface area contributed by atoms with Crippen LogP contribution in [0.4, 0.5) is 10.5 Å². The third-order valence-corrected chi connectivity index (χ3v) is 4.14. The number of hydrogen-bond acceptors (Lipinski definition) is 2. The summed E-state index contributed by atoms with van der Waals surface area (Å²) in [5.41, 5.74) is 1.06. The zero-order valence-corrected chi connectivity index (χ0v) is 13.4. The topological polar surface area (TPSA) is 35.6 Å². The normalized spacial score (nSPS) is 15.1. The molecule has 116 valence electrons. The molecule has 2 rings (SSSR count). The van der Waals surface area contributed by atoms with Gasteiger partial charge in [-0.3, -0.25) is 0 Å². The number of unbranched alkanes of at least 4 members (excludes halogenated alkanes) is 2. The van der Waals surface area contributed by atoms with Crippen LogP contribution in [-0.2, 0) is 0 Å². The van der Waals surface area contributed by atoms with E-state index in [2.05, 4.69) is 17.1 Å². The van der Waals surface area contributed by atoms with E-state index in [0.29, 0.717) is 0 Å². The molecule has 0 unspecified atom stereocenters. The van der Waals surface area contributed by atoms with E-state index in [9.17, 15) is 4.79 Å². The number of hydrogen-bond donors (Lipinski definition) is 1. The number of amides is 2. The number of benzene rings is 1. The molecule has 0 aliphatic carbocycles. The summed E-state index contributed by atoms with van der Waals surface area (Å²) in [6.45, 7) is 6.07. The van der Waals surface area contributed by atoms with Crippen molar-refractivity contribution in [2.75, 3.05) is 37.6 Å². The molecule has 1 fully saturated rings. The maximum atomic E-state index is 12.0. The molecule has 0 atom stereocenters. The number of para-hydroxylation sites is 1. The highest BCUT2D eigenvalue weighted by Gasteiger charge is 2.21. The molecule has 0 spiro atoms. The van der Waals surface area contributed by atoms with E-state index in [-0.39, 0.29) is 6.03 Å². The Morgan fingerprint density at radius 3 is 2.57 bits per heavy atom. The first-order valence-electron chi connectivity index (χ1n) is 7.74. The molecule has 1 heterocycles. The second kappa shape index (κ2) is 8.13. The number of nitrogens with one attached hydrogen (secondary N) is 1. The van der Waals surface area contributed by atoms with Crippen molar-refractivity contribution in [3.8, 4) is 0 Å². The van der Waals surface area contributed by atoms with E-state index in [1.165, 1.54) is 12.8 Å². The largest absolute Gasteiger partial charge is 0.367 e. The van der Waals surface area contributed by atoms with Crippen molar-refractivity contribution in [1.82, 2.24) is 10.2 Å². The zero-order valence-electron chi connectivity index (χ0n) is 12.6. The fourth-order valence-electron chi connectivity index (χ4n) is 2.54. The quantitative estimate of drug-likeness (QED) is 0.847. The summed E-state index contributed by atoms with van der Waals surface area (Å²) in [5.74, 6) is 0. The van der Waals surface area contributed by atoms with Gasteiger partial charge in [0.2, 0.25) is 0 Å². The lowest BCUT2D eigenvalue weighted by atomic mass is 10.2. The van der Waals surface area contributed by atoms with Crippen LogP contribution < -0.4 is 10.2 Å². The average molecular weight is 310 g/mol. The van der Waals surface area contributed by atoms with Crippen LogP contribution in [0.2, 0.25) is 5.02 Å². The van der Waals surface area contributed by atoms with Crippen LogP contribution in [0.5, 0.6) is 0 Å². The van der Waals surface area contributed by atoms with Crippen molar-refractivity contribution in [3.63, 3.8) is 0 Å². The number of carbonyl (C=O) groups excluding carboxylic acids is 1. The van der Waals surface area contributed by atoms with E-state index < -0.39 is 0 Å². The first-order chi connectivity index (χ1) is 10.2. The van der Waals surface area contributed by atoms with Crippen LogP contribution in [0.1, 0.15) is 26.2 Å². The van der Waals surface area contributed by atoms with Crippen molar-refractivity contribution >= 4 is 23.3 Å². The second-order valence-electron chi connectivity index (χ2n) is 5.36. The van der Waals surface area contributed by atoms with Gasteiger partial charge in [0.1, 0.15) is 0 Å². The zero-order chi connectivity index (χ0) is 15.1. The number of carbonyl (C=O) groups is 1. The van der Waals surface area contributed by atoms with E-state index >= 15 is 0 Å². The van der Waals surface area contributed by atoms with E-state index in [1.54, 1.807) is 0 Å². The molecule has 2 amide bonds. The maximum absolute atomic E-state index is 12.0. The first-order valence-corrected chi connectivity index (χ1v) is 8.12. The van der Waals surface area contributed by atoms with Gasteiger partial charge >= 0.3 is 6.03 Å². The number of halogens is 1. The minimum Gasteiger partial charge on any atom is -0.367 e. The van der Waals surface area contributed by atoms with Gasteiger partial charge in [0, 0.05) is 32.7 Å². The van der Waals surface area contributed by atoms with Crippen molar-refractivity contribution in [2.24, 2.45) is 0 Å². The summed E-state index contributed by atoms with van der Waals surface area (Å²) >= 11 is 6.22. The highest BCUT2D eigenvalue weighted by molar-refractivity contribution is 6.33. The fraction of sp³-hybridized carbons (Fsp3) is 0.562. The molecule has 4 nitrogen and oxygen atoms in total. The summed E-state index contributed by atoms with van der Waals surface area (Å²) in [6, 6.07) is 7.93. The molecular formula is C16H24ClN3O. The van der Waals surface area contributed by atoms with Crippen LogP contribution in [0, 0.1) is 0 Å². The molecule has 1 saturated heterocycles. The number of nitrogens with zero attached hydrogens (tertiary/aromatic N) is 2. The van der Waals surface area contributed by atoms with Crippen molar-refractivity contribution < 1.29 is 4.79 Å². The van der Waals surface area contributed by atoms with Gasteiger partial charge in [0.05, 0.1) is 10.7 Å². The summed E-state index contributed by atoms with van der Waals surface area (Å²) in [4.78, 5) is 16.2. The Labute approximate surface area is 132 Å². The monoisotopic (exact) mass is 309 g/mol. The summed E-state index contributed by atoms with van der Waals surface area (Å²) in [7, 11) is 0. The molecule has 1 aliphatic heterocycles. The minimum absolute atomic E-state index is 0.0601. The third kappa shape index (κ3) is 4.53. The molecule has 0 radical (unpaired) electrons. The molecule has 21 heavy (non-hydrogen) atoms. The summed E-state index contributed by atoms with van der Waals surface area (Å²) < 4.78 is 0. The molecule has 0 bridgehead atoms. The second-order valence-corrected chi connectivity index (χ2v) is 5.77. The fourth-order valence-corrected chi connectivity index (χ4v) is 2.80. The minimum atomic E-state index is 0.0601. The Morgan fingerprint density at radius 1 is 1.19 bits per heavy atom. The molecule has 0 saturated carbocycles. The van der Waals surface area contributed by atoms with E-state index in [1.807, 2.05) is 29.2 Å². The Bertz CT molecular complexity index is 459. The van der Waals surface area contributed by atoms with Gasteiger partial charge in [-0.2, -0.15) is 0 Å². The van der Waals surface area contributed by atoms with Crippen LogP contribution in [0.3, 0.4) is 0 Å². The maximum Gasteiger partial charge on any atom is 0.317 e. The number of rotatable bonds is 5. The Kier molecular flexibility index (Phi) is 6.18. The van der Waals surface area contributed by atoms with Crippen LogP contribution in [0.25, 0.3) is 0 Å². The number of urea groups is 1. The summed E-state index contributed by atoms with van der Waals surface area (Å²) in [5, 5.41) is 3.77. The lowest BCUT2D eigenvalue weighted by Gasteiger charge is -2.36. The lowest BCUT2D eigenvalue weighted by molar-refractivity contribution is 0.194. The van der Waals surface area contributed by atoms with Crippen LogP contribution >= 0.6 is 11.6 Å². The number of anilines is 1. The predicted octanol–water partition coefficient (Wildman–Crippen LogP) is 3.36. The first kappa shape index (κ1) is 16.0. The van der Waals surface area contributed by atoms with Crippen molar-refractivity contribution in [2.45, 2.75) is 26.2 Å². The van der Waals surface area contributed by atoms with Gasteiger partial charge in [-0.1, -0.05) is 43.5 Å². The van der Waals surface area contributed by atoms with Gasteiger partial charge in [-0.25, -0.2) is 4.79 Å². The molecular weight excluding hydrogens is 286 g/mol. The van der Waals surface area contributed by atoms with Gasteiger partial charge in [0.15, 0.2) is 0 Å². The predicted molar refractivity (Wildman–Crippen MR) is 88.2 cm³/mol. The number of piperazine rings is 1. The molecule has 1 aliphatic rings. The average Bonchev–Trinajstić information content (AvgIpc) is 2.52.